The second-order valence-electron chi connectivity index (χ2n) is 8.90. The molecular weight excluding hydrogens is 426 g/mol. The molecule has 170 valence electrons. The Morgan fingerprint density at radius 2 is 1.97 bits per heavy atom. The summed E-state index contributed by atoms with van der Waals surface area (Å²) in [7, 11) is -1.98. The number of fused-ring (bicyclic) bond motifs is 1. The second kappa shape index (κ2) is 8.70. The molecule has 1 fully saturated rings. The topological polar surface area (TPSA) is 111 Å². The molecule has 1 unspecified atom stereocenters. The van der Waals surface area contributed by atoms with Crippen molar-refractivity contribution in [3.8, 4) is 0 Å². The Bertz CT molecular complexity index is 1110. The largest absolute Gasteiger partial charge is 0.407 e. The van der Waals surface area contributed by atoms with Crippen LogP contribution >= 0.6 is 0 Å². The van der Waals surface area contributed by atoms with Gasteiger partial charge in [-0.3, -0.25) is 9.36 Å². The van der Waals surface area contributed by atoms with Crippen LogP contribution in [0, 0.1) is 6.92 Å². The van der Waals surface area contributed by atoms with Crippen LogP contribution < -0.4 is 5.32 Å². The number of amides is 1. The van der Waals surface area contributed by atoms with Crippen LogP contribution in [0.15, 0.2) is 36.7 Å². The number of hydrogen-bond acceptors (Lipinski definition) is 7. The van der Waals surface area contributed by atoms with Crippen molar-refractivity contribution < 1.29 is 19.1 Å². The maximum atomic E-state index is 12.7. The molecule has 3 heterocycles. The van der Waals surface area contributed by atoms with E-state index in [-0.39, 0.29) is 12.0 Å². The molecule has 9 nitrogen and oxygen atoms in total. The fourth-order valence-corrected chi connectivity index (χ4v) is 5.05. The van der Waals surface area contributed by atoms with Gasteiger partial charge in [-0.15, -0.1) is 0 Å². The summed E-state index contributed by atoms with van der Waals surface area (Å²) in [6.07, 6.45) is -0.191. The molecule has 10 heteroatoms. The molecule has 2 N–H and O–H groups in total. The molecule has 4 rings (SSSR count). The number of nitrogens with zero attached hydrogens (tertiary/aromatic N) is 4. The molecule has 1 amide bonds. The highest BCUT2D eigenvalue weighted by atomic mass is 28.4. The SMILES string of the molecule is CC[C@H]1O[C@@H](n2c(C)nc3c(NC(=O)c4ccccc4)ncnc32)[C@@H](O[Si](C)(C)C)C1O. The van der Waals surface area contributed by atoms with Gasteiger partial charge in [0.1, 0.15) is 24.4 Å². The van der Waals surface area contributed by atoms with Gasteiger partial charge in [-0.1, -0.05) is 25.1 Å². The van der Waals surface area contributed by atoms with Crippen molar-refractivity contribution in [1.82, 2.24) is 19.5 Å². The first kappa shape index (κ1) is 22.5. The van der Waals surface area contributed by atoms with Crippen LogP contribution in [0.3, 0.4) is 0 Å². The van der Waals surface area contributed by atoms with E-state index in [2.05, 4.69) is 39.9 Å². The number of imidazole rings is 1. The van der Waals surface area contributed by atoms with E-state index in [1.165, 1.54) is 6.33 Å². The summed E-state index contributed by atoms with van der Waals surface area (Å²) >= 11 is 0. The summed E-state index contributed by atoms with van der Waals surface area (Å²) in [6.45, 7) is 10.0. The molecule has 1 aromatic carbocycles. The molecule has 0 radical (unpaired) electrons. The number of ether oxygens (including phenoxy) is 1. The van der Waals surface area contributed by atoms with Gasteiger partial charge in [0.15, 0.2) is 31.5 Å². The molecule has 0 saturated carbocycles. The summed E-state index contributed by atoms with van der Waals surface area (Å²) in [5.41, 5.74) is 1.49. The van der Waals surface area contributed by atoms with Crippen molar-refractivity contribution in [3.05, 3.63) is 48.0 Å². The number of carbonyl (C=O) groups excluding carboxylic acids is 1. The molecule has 2 aromatic heterocycles. The van der Waals surface area contributed by atoms with Crippen molar-refractivity contribution in [2.24, 2.45) is 0 Å². The Morgan fingerprint density at radius 3 is 2.62 bits per heavy atom. The highest BCUT2D eigenvalue weighted by Gasteiger charge is 2.47. The molecule has 4 atom stereocenters. The zero-order valence-electron chi connectivity index (χ0n) is 18.9. The van der Waals surface area contributed by atoms with Gasteiger partial charge in [-0.25, -0.2) is 15.0 Å². The lowest BCUT2D eigenvalue weighted by Gasteiger charge is -2.29. The average Bonchev–Trinajstić information content (AvgIpc) is 3.24. The maximum Gasteiger partial charge on any atom is 0.256 e. The molecule has 1 aliphatic rings. The van der Waals surface area contributed by atoms with Crippen LogP contribution in [0.25, 0.3) is 11.2 Å². The van der Waals surface area contributed by atoms with Crippen LogP contribution in [0.2, 0.25) is 19.6 Å². The van der Waals surface area contributed by atoms with Gasteiger partial charge in [-0.2, -0.15) is 0 Å². The first-order chi connectivity index (χ1) is 15.2. The van der Waals surface area contributed by atoms with Gasteiger partial charge in [0.2, 0.25) is 0 Å². The predicted molar refractivity (Wildman–Crippen MR) is 123 cm³/mol. The number of aryl methyl sites for hydroxylation is 1. The van der Waals surface area contributed by atoms with Gasteiger partial charge in [0, 0.05) is 5.56 Å². The van der Waals surface area contributed by atoms with E-state index in [0.717, 1.165) is 0 Å². The number of rotatable bonds is 6. The number of nitrogens with one attached hydrogen (secondary N) is 1. The van der Waals surface area contributed by atoms with E-state index >= 15 is 0 Å². The van der Waals surface area contributed by atoms with Crippen LogP contribution in [-0.2, 0) is 9.16 Å². The number of aromatic nitrogens is 4. The number of hydrogen-bond donors (Lipinski definition) is 2. The predicted octanol–water partition coefficient (Wildman–Crippen LogP) is 3.28. The van der Waals surface area contributed by atoms with E-state index in [1.54, 1.807) is 24.3 Å². The summed E-state index contributed by atoms with van der Waals surface area (Å²) < 4.78 is 14.4. The van der Waals surface area contributed by atoms with Crippen LogP contribution in [0.1, 0.15) is 35.8 Å². The van der Waals surface area contributed by atoms with Crippen LogP contribution in [0.5, 0.6) is 0 Å². The third-order valence-corrected chi connectivity index (χ3v) is 6.36. The van der Waals surface area contributed by atoms with E-state index in [4.69, 9.17) is 9.16 Å². The minimum Gasteiger partial charge on any atom is -0.407 e. The maximum absolute atomic E-state index is 12.7. The number of aliphatic hydroxyl groups is 1. The quantitative estimate of drug-likeness (QED) is 0.549. The summed E-state index contributed by atoms with van der Waals surface area (Å²) in [4.78, 5) is 26.0. The fraction of sp³-hybridized carbons (Fsp3) is 0.455. The Balaban J connectivity index is 1.73. The zero-order valence-corrected chi connectivity index (χ0v) is 19.9. The van der Waals surface area contributed by atoms with E-state index in [0.29, 0.717) is 34.8 Å². The molecular formula is C22H29N5O4Si. The van der Waals surface area contributed by atoms with E-state index in [9.17, 15) is 9.90 Å². The standard InChI is InChI=1S/C22H29N5O4Si/c1-6-15-17(28)18(31-32(3,4)5)22(30-15)27-13(2)25-16-19(23-12-24-20(16)27)26-21(29)14-10-8-7-9-11-14/h7-12,15,17-18,22,28H,6H2,1-5H3,(H,23,24,26,29)/t15-,17?,18+,22-/m1/s1. The lowest BCUT2D eigenvalue weighted by molar-refractivity contribution is -0.0326. The molecule has 1 aliphatic heterocycles. The van der Waals surface area contributed by atoms with Crippen LogP contribution in [-0.4, -0.2) is 57.2 Å². The number of aliphatic hydroxyl groups excluding tert-OH is 1. The first-order valence-corrected chi connectivity index (χ1v) is 14.2. The summed E-state index contributed by atoms with van der Waals surface area (Å²) in [5.74, 6) is 0.670. The smallest absolute Gasteiger partial charge is 0.256 e. The third-order valence-electron chi connectivity index (χ3n) is 5.38. The Hall–Kier alpha value is -2.66. The molecule has 0 bridgehead atoms. The Morgan fingerprint density at radius 1 is 1.25 bits per heavy atom. The molecule has 1 saturated heterocycles. The minimum atomic E-state index is -1.98. The van der Waals surface area contributed by atoms with Gasteiger partial charge < -0.3 is 19.6 Å². The number of benzene rings is 1. The summed E-state index contributed by atoms with van der Waals surface area (Å²) in [6, 6.07) is 8.91. The van der Waals surface area contributed by atoms with Gasteiger partial charge in [-0.05, 0) is 45.1 Å². The highest BCUT2D eigenvalue weighted by Crippen LogP contribution is 2.37. The van der Waals surface area contributed by atoms with E-state index in [1.807, 2.05) is 24.5 Å². The summed E-state index contributed by atoms with van der Waals surface area (Å²) in [5, 5.41) is 13.7. The van der Waals surface area contributed by atoms with Crippen molar-refractivity contribution in [3.63, 3.8) is 0 Å². The van der Waals surface area contributed by atoms with Gasteiger partial charge in [0.25, 0.3) is 5.91 Å². The van der Waals surface area contributed by atoms with E-state index < -0.39 is 26.8 Å². The van der Waals surface area contributed by atoms with Gasteiger partial charge >= 0.3 is 0 Å². The lowest BCUT2D eigenvalue weighted by Crippen LogP contribution is -2.42. The normalized spacial score (nSPS) is 23.6. The number of carbonyl (C=O) groups is 1. The van der Waals surface area contributed by atoms with Gasteiger partial charge in [0.05, 0.1) is 6.10 Å². The van der Waals surface area contributed by atoms with Crippen LogP contribution in [0.4, 0.5) is 5.82 Å². The minimum absolute atomic E-state index is 0.281. The van der Waals surface area contributed by atoms with Crippen molar-refractivity contribution in [2.75, 3.05) is 5.32 Å². The van der Waals surface area contributed by atoms with Crippen molar-refractivity contribution in [2.45, 2.75) is 64.4 Å². The Labute approximate surface area is 187 Å². The fourth-order valence-electron chi connectivity index (χ4n) is 3.98. The monoisotopic (exact) mass is 455 g/mol. The molecule has 0 spiro atoms. The van der Waals surface area contributed by atoms with Crippen molar-refractivity contribution >= 4 is 31.2 Å². The highest BCUT2D eigenvalue weighted by molar-refractivity contribution is 6.69. The molecule has 32 heavy (non-hydrogen) atoms. The first-order valence-electron chi connectivity index (χ1n) is 10.8. The zero-order chi connectivity index (χ0) is 23.0. The second-order valence-corrected chi connectivity index (χ2v) is 13.4. The third kappa shape index (κ3) is 4.31. The average molecular weight is 456 g/mol. The van der Waals surface area contributed by atoms with Crippen molar-refractivity contribution in [1.29, 1.82) is 0 Å². The molecule has 0 aliphatic carbocycles. The number of anilines is 1. The Kier molecular flexibility index (Phi) is 6.12. The molecule has 3 aromatic rings. The lowest BCUT2D eigenvalue weighted by atomic mass is 10.1.